The highest BCUT2D eigenvalue weighted by molar-refractivity contribution is 7.19. The lowest BCUT2D eigenvalue weighted by atomic mass is 9.92. The van der Waals surface area contributed by atoms with Gasteiger partial charge in [0.05, 0.1) is 34.3 Å². The predicted octanol–water partition coefficient (Wildman–Crippen LogP) is 6.95. The second-order valence-electron chi connectivity index (χ2n) is 11.5. The summed E-state index contributed by atoms with van der Waals surface area (Å²) in [4.78, 5) is 40.6. The molecule has 11 nitrogen and oxygen atoms in total. The Hall–Kier alpha value is -5.10. The SMILES string of the molecule is Cc1ccccc1-n1nc(C(C)(C)C)cc1NC(=O)Nc1cnc(Oc2ccc(-c3cnc(N4CCCC4=O)s3)cc2)nc1. The summed E-state index contributed by atoms with van der Waals surface area (Å²) in [6.45, 7) is 8.95. The van der Waals surface area contributed by atoms with Crippen LogP contribution < -0.4 is 20.3 Å². The minimum Gasteiger partial charge on any atom is -0.424 e. The molecule has 0 bridgehead atoms. The van der Waals surface area contributed by atoms with E-state index in [0.29, 0.717) is 23.7 Å². The summed E-state index contributed by atoms with van der Waals surface area (Å²) in [5.74, 6) is 1.23. The van der Waals surface area contributed by atoms with E-state index in [9.17, 15) is 9.59 Å². The third kappa shape index (κ3) is 6.30. The Bertz CT molecular complexity index is 1810. The van der Waals surface area contributed by atoms with Gasteiger partial charge in [-0.25, -0.2) is 24.4 Å². The number of carbonyl (C=O) groups excluding carboxylic acids is 2. The van der Waals surface area contributed by atoms with E-state index in [-0.39, 0.29) is 17.3 Å². The Morgan fingerprint density at radius 2 is 1.73 bits per heavy atom. The molecule has 1 aliphatic rings. The maximum Gasteiger partial charge on any atom is 0.324 e. The summed E-state index contributed by atoms with van der Waals surface area (Å²) in [6, 6.07) is 16.9. The van der Waals surface area contributed by atoms with Crippen LogP contribution in [0.15, 0.2) is 73.2 Å². The van der Waals surface area contributed by atoms with Crippen LogP contribution in [0.25, 0.3) is 16.1 Å². The zero-order valence-electron chi connectivity index (χ0n) is 24.9. The van der Waals surface area contributed by atoms with E-state index in [1.165, 1.54) is 23.7 Å². The van der Waals surface area contributed by atoms with Crippen molar-refractivity contribution in [2.75, 3.05) is 22.1 Å². The number of ether oxygens (including phenoxy) is 1. The molecule has 1 saturated heterocycles. The second kappa shape index (κ2) is 11.9. The number of thiazole rings is 1. The van der Waals surface area contributed by atoms with Crippen LogP contribution in [0.5, 0.6) is 11.8 Å². The van der Waals surface area contributed by atoms with Crippen LogP contribution in [0.1, 0.15) is 44.9 Å². The van der Waals surface area contributed by atoms with Crippen molar-refractivity contribution in [3.8, 4) is 27.9 Å². The summed E-state index contributed by atoms with van der Waals surface area (Å²) >= 11 is 1.49. The highest BCUT2D eigenvalue weighted by Crippen LogP contribution is 2.34. The molecule has 0 spiro atoms. The number of aromatic nitrogens is 5. The van der Waals surface area contributed by atoms with Gasteiger partial charge in [0.1, 0.15) is 11.6 Å². The Kier molecular flexibility index (Phi) is 7.83. The zero-order chi connectivity index (χ0) is 30.8. The normalized spacial score (nSPS) is 13.3. The number of hydrogen-bond donors (Lipinski definition) is 2. The van der Waals surface area contributed by atoms with Gasteiger partial charge in [-0.1, -0.05) is 50.3 Å². The molecule has 0 saturated carbocycles. The van der Waals surface area contributed by atoms with Crippen LogP contribution in [-0.4, -0.2) is 43.2 Å². The molecule has 0 unspecified atom stereocenters. The third-order valence-electron chi connectivity index (χ3n) is 7.09. The highest BCUT2D eigenvalue weighted by Gasteiger charge is 2.25. The van der Waals surface area contributed by atoms with Crippen molar-refractivity contribution in [2.45, 2.75) is 46.0 Å². The minimum atomic E-state index is -0.451. The molecular formula is C32H32N8O3S. The predicted molar refractivity (Wildman–Crippen MR) is 171 cm³/mol. The number of nitrogens with zero attached hydrogens (tertiary/aromatic N) is 6. The Labute approximate surface area is 259 Å². The van der Waals surface area contributed by atoms with E-state index >= 15 is 0 Å². The largest absolute Gasteiger partial charge is 0.424 e. The first-order valence-corrected chi connectivity index (χ1v) is 15.1. The van der Waals surface area contributed by atoms with Gasteiger partial charge in [0.25, 0.3) is 0 Å². The monoisotopic (exact) mass is 608 g/mol. The molecule has 2 N–H and O–H groups in total. The molecule has 1 aliphatic heterocycles. The summed E-state index contributed by atoms with van der Waals surface area (Å²) in [6.07, 6.45) is 6.19. The lowest BCUT2D eigenvalue weighted by Crippen LogP contribution is -2.23. The number of aryl methyl sites for hydroxylation is 1. The Morgan fingerprint density at radius 3 is 2.41 bits per heavy atom. The topological polar surface area (TPSA) is 127 Å². The fourth-order valence-corrected chi connectivity index (χ4v) is 5.66. The Balaban J connectivity index is 1.09. The molecule has 224 valence electrons. The number of carbonyl (C=O) groups is 2. The van der Waals surface area contributed by atoms with E-state index in [2.05, 4.69) is 46.4 Å². The van der Waals surface area contributed by atoms with Gasteiger partial charge in [-0.05, 0) is 54.8 Å². The summed E-state index contributed by atoms with van der Waals surface area (Å²) in [5, 5.41) is 11.2. The number of para-hydroxylation sites is 1. The van der Waals surface area contributed by atoms with Crippen molar-refractivity contribution in [3.05, 3.63) is 84.4 Å². The van der Waals surface area contributed by atoms with Crippen molar-refractivity contribution in [3.63, 3.8) is 0 Å². The maximum absolute atomic E-state index is 13.0. The average molecular weight is 609 g/mol. The molecule has 3 aromatic heterocycles. The number of rotatable bonds is 7. The summed E-state index contributed by atoms with van der Waals surface area (Å²) in [5.41, 5.74) is 3.94. The molecule has 6 rings (SSSR count). The molecule has 0 radical (unpaired) electrons. The van der Waals surface area contributed by atoms with E-state index in [1.807, 2.05) is 61.5 Å². The zero-order valence-corrected chi connectivity index (χ0v) is 25.7. The van der Waals surface area contributed by atoms with E-state index in [0.717, 1.165) is 45.5 Å². The van der Waals surface area contributed by atoms with Crippen molar-refractivity contribution < 1.29 is 14.3 Å². The van der Waals surface area contributed by atoms with E-state index < -0.39 is 6.03 Å². The highest BCUT2D eigenvalue weighted by atomic mass is 32.1. The lowest BCUT2D eigenvalue weighted by Gasteiger charge is -2.14. The molecule has 4 heterocycles. The standard InChI is InChI=1S/C32H32N8O3S/c1-20-8-5-6-9-24(20)40-27(16-26(38-40)32(2,3)4)37-29(42)36-22-17-33-30(34-18-22)43-23-13-11-21(12-14-23)25-19-35-31(44-25)39-15-7-10-28(39)41/h5-6,8-9,11-14,16-19H,7,10,15H2,1-4H3,(H2,36,37,42). The van der Waals surface area contributed by atoms with Crippen LogP contribution in [0.2, 0.25) is 0 Å². The van der Waals surface area contributed by atoms with Gasteiger partial charge in [-0.15, -0.1) is 0 Å². The number of urea groups is 1. The quantitative estimate of drug-likeness (QED) is 0.205. The number of amides is 3. The number of nitrogens with one attached hydrogen (secondary N) is 2. The van der Waals surface area contributed by atoms with Crippen molar-refractivity contribution in [2.24, 2.45) is 0 Å². The third-order valence-corrected chi connectivity index (χ3v) is 8.16. The van der Waals surface area contributed by atoms with Crippen molar-refractivity contribution in [1.29, 1.82) is 0 Å². The first-order valence-electron chi connectivity index (χ1n) is 14.3. The van der Waals surface area contributed by atoms with Crippen LogP contribution in [-0.2, 0) is 10.2 Å². The number of benzene rings is 2. The first kappa shape index (κ1) is 29.0. The molecule has 0 aliphatic carbocycles. The summed E-state index contributed by atoms with van der Waals surface area (Å²) in [7, 11) is 0. The van der Waals surface area contributed by atoms with Crippen LogP contribution in [0.4, 0.5) is 21.4 Å². The van der Waals surface area contributed by atoms with Crippen molar-refractivity contribution >= 4 is 39.9 Å². The van der Waals surface area contributed by atoms with Gasteiger partial charge >= 0.3 is 12.0 Å². The molecule has 0 atom stereocenters. The smallest absolute Gasteiger partial charge is 0.324 e. The molecule has 2 aromatic carbocycles. The van der Waals surface area contributed by atoms with Crippen LogP contribution in [0.3, 0.4) is 0 Å². The van der Waals surface area contributed by atoms with E-state index in [1.54, 1.807) is 15.8 Å². The fraction of sp³-hybridized carbons (Fsp3) is 0.250. The van der Waals surface area contributed by atoms with Gasteiger partial charge < -0.3 is 10.1 Å². The molecule has 12 heteroatoms. The second-order valence-corrected chi connectivity index (χ2v) is 12.5. The van der Waals surface area contributed by atoms with Gasteiger partial charge in [0.15, 0.2) is 5.13 Å². The average Bonchev–Trinajstić information content (AvgIpc) is 3.75. The van der Waals surface area contributed by atoms with E-state index in [4.69, 9.17) is 9.84 Å². The molecular weight excluding hydrogens is 576 g/mol. The molecule has 44 heavy (non-hydrogen) atoms. The van der Waals surface area contributed by atoms with Crippen LogP contribution in [0, 0.1) is 6.92 Å². The Morgan fingerprint density at radius 1 is 0.977 bits per heavy atom. The number of hydrogen-bond acceptors (Lipinski definition) is 8. The molecule has 1 fully saturated rings. The number of anilines is 3. The maximum atomic E-state index is 13.0. The van der Waals surface area contributed by atoms with Crippen LogP contribution >= 0.6 is 11.3 Å². The van der Waals surface area contributed by atoms with Gasteiger partial charge in [-0.3, -0.25) is 15.0 Å². The van der Waals surface area contributed by atoms with Gasteiger partial charge in [0.2, 0.25) is 5.91 Å². The van der Waals surface area contributed by atoms with Crippen molar-refractivity contribution in [1.82, 2.24) is 24.7 Å². The minimum absolute atomic E-state index is 0.122. The molecule has 3 amide bonds. The first-order chi connectivity index (χ1) is 21.1. The fourth-order valence-electron chi connectivity index (χ4n) is 4.70. The van der Waals surface area contributed by atoms with Gasteiger partial charge in [-0.2, -0.15) is 5.10 Å². The summed E-state index contributed by atoms with van der Waals surface area (Å²) < 4.78 is 7.56. The lowest BCUT2D eigenvalue weighted by molar-refractivity contribution is -0.117. The molecule has 5 aromatic rings. The van der Waals surface area contributed by atoms with Gasteiger partial charge in [0, 0.05) is 30.6 Å².